The highest BCUT2D eigenvalue weighted by Gasteiger charge is 2.28. The van der Waals surface area contributed by atoms with E-state index in [1.807, 2.05) is 35.0 Å². The van der Waals surface area contributed by atoms with Gasteiger partial charge in [0.1, 0.15) is 5.75 Å². The molecule has 7 heteroatoms. The van der Waals surface area contributed by atoms with Gasteiger partial charge in [-0.2, -0.15) is 0 Å². The van der Waals surface area contributed by atoms with E-state index in [1.165, 1.54) is 0 Å². The van der Waals surface area contributed by atoms with Crippen LogP contribution in [0.4, 0.5) is 5.13 Å². The lowest BCUT2D eigenvalue weighted by atomic mass is 10.2. The van der Waals surface area contributed by atoms with Crippen LogP contribution in [-0.2, 0) is 4.74 Å². The Kier molecular flexibility index (Phi) is 3.90. The number of ether oxygens (including phenoxy) is 2. The number of nitrogens with zero attached hydrogens (tertiary/aromatic N) is 4. The summed E-state index contributed by atoms with van der Waals surface area (Å²) in [4.78, 5) is 7.96. The van der Waals surface area contributed by atoms with Gasteiger partial charge in [0.25, 0.3) is 0 Å². The van der Waals surface area contributed by atoms with Crippen LogP contribution in [0.5, 0.6) is 5.75 Å². The minimum Gasteiger partial charge on any atom is -0.497 e. The molecular weight excluding hydrogens is 324 g/mol. The van der Waals surface area contributed by atoms with E-state index in [9.17, 15) is 0 Å². The van der Waals surface area contributed by atoms with Crippen LogP contribution in [0.1, 0.15) is 13.8 Å². The predicted octanol–water partition coefficient (Wildman–Crippen LogP) is 3.08. The Morgan fingerprint density at radius 3 is 2.50 bits per heavy atom. The van der Waals surface area contributed by atoms with Gasteiger partial charge in [-0.3, -0.25) is 0 Å². The summed E-state index contributed by atoms with van der Waals surface area (Å²) < 4.78 is 12.7. The zero-order chi connectivity index (χ0) is 16.7. The maximum Gasteiger partial charge on any atom is 0.214 e. The second kappa shape index (κ2) is 6.07. The molecule has 0 N–H and O–H groups in total. The van der Waals surface area contributed by atoms with Crippen molar-refractivity contribution in [2.75, 3.05) is 25.2 Å². The fraction of sp³-hybridized carbons (Fsp3) is 0.412. The maximum absolute atomic E-state index is 5.60. The highest BCUT2D eigenvalue weighted by Crippen LogP contribution is 2.30. The van der Waals surface area contributed by atoms with Crippen LogP contribution in [0.15, 0.2) is 30.5 Å². The third kappa shape index (κ3) is 2.63. The van der Waals surface area contributed by atoms with Crippen LogP contribution < -0.4 is 9.64 Å². The van der Waals surface area contributed by atoms with Gasteiger partial charge in [-0.15, -0.1) is 5.10 Å². The van der Waals surface area contributed by atoms with E-state index in [2.05, 4.69) is 18.7 Å². The van der Waals surface area contributed by atoms with E-state index in [1.54, 1.807) is 18.4 Å². The molecule has 0 amide bonds. The number of hydrogen-bond acceptors (Lipinski definition) is 6. The smallest absolute Gasteiger partial charge is 0.214 e. The van der Waals surface area contributed by atoms with Gasteiger partial charge in [0, 0.05) is 5.56 Å². The Morgan fingerprint density at radius 2 is 1.88 bits per heavy atom. The van der Waals surface area contributed by atoms with Crippen LogP contribution in [0.25, 0.3) is 16.2 Å². The van der Waals surface area contributed by atoms with Crippen LogP contribution >= 0.6 is 11.3 Å². The van der Waals surface area contributed by atoms with Gasteiger partial charge in [0.2, 0.25) is 10.1 Å². The second-order valence-electron chi connectivity index (χ2n) is 6.11. The lowest BCUT2D eigenvalue weighted by Gasteiger charge is -2.38. The normalized spacial score (nSPS) is 21.4. The Bertz CT molecular complexity index is 801. The molecule has 4 rings (SSSR count). The van der Waals surface area contributed by atoms with Gasteiger partial charge < -0.3 is 14.4 Å². The fourth-order valence-corrected chi connectivity index (χ4v) is 4.16. The molecule has 3 aromatic rings. The standard InChI is InChI=1S/C17H20N4O2S/c1-11-9-23-10-12(2)21(11)17-19-20-8-15(18-16(20)24-17)13-4-6-14(22-3)7-5-13/h4-8,11-12H,9-10H2,1-3H3. The largest absolute Gasteiger partial charge is 0.497 e. The van der Waals surface area contributed by atoms with Gasteiger partial charge >= 0.3 is 0 Å². The Hall–Kier alpha value is -2.12. The van der Waals surface area contributed by atoms with Crippen LogP contribution in [0.2, 0.25) is 0 Å². The van der Waals surface area contributed by atoms with Crippen molar-refractivity contribution in [1.82, 2.24) is 14.6 Å². The van der Waals surface area contributed by atoms with Crippen molar-refractivity contribution in [2.45, 2.75) is 25.9 Å². The van der Waals surface area contributed by atoms with Crippen molar-refractivity contribution in [3.63, 3.8) is 0 Å². The van der Waals surface area contributed by atoms with Crippen molar-refractivity contribution < 1.29 is 9.47 Å². The molecule has 6 nitrogen and oxygen atoms in total. The molecule has 126 valence electrons. The van der Waals surface area contributed by atoms with Crippen LogP contribution in [-0.4, -0.2) is 47.0 Å². The Balaban J connectivity index is 1.64. The van der Waals surface area contributed by atoms with Crippen molar-refractivity contribution in [2.24, 2.45) is 0 Å². The van der Waals surface area contributed by atoms with Gasteiger partial charge in [0.05, 0.1) is 44.3 Å². The summed E-state index contributed by atoms with van der Waals surface area (Å²) in [6, 6.07) is 8.56. The molecule has 2 atom stereocenters. The molecule has 0 bridgehead atoms. The van der Waals surface area contributed by atoms with E-state index in [4.69, 9.17) is 19.6 Å². The fourth-order valence-electron chi connectivity index (χ4n) is 3.08. The van der Waals surface area contributed by atoms with Gasteiger partial charge in [-0.1, -0.05) is 11.3 Å². The summed E-state index contributed by atoms with van der Waals surface area (Å²) in [7, 11) is 1.67. The first kappa shape index (κ1) is 15.4. The number of methoxy groups -OCH3 is 1. The van der Waals surface area contributed by atoms with E-state index in [-0.39, 0.29) is 0 Å². The zero-order valence-corrected chi connectivity index (χ0v) is 14.8. The number of anilines is 1. The van der Waals surface area contributed by atoms with Gasteiger partial charge in [0.15, 0.2) is 0 Å². The molecule has 1 saturated heterocycles. The summed E-state index contributed by atoms with van der Waals surface area (Å²) in [5, 5.41) is 5.74. The molecule has 0 aliphatic carbocycles. The highest BCUT2D eigenvalue weighted by atomic mass is 32.1. The summed E-state index contributed by atoms with van der Waals surface area (Å²) in [6.07, 6.45) is 1.98. The molecule has 0 spiro atoms. The van der Waals surface area contributed by atoms with E-state index >= 15 is 0 Å². The predicted molar refractivity (Wildman–Crippen MR) is 95.1 cm³/mol. The van der Waals surface area contributed by atoms with E-state index < -0.39 is 0 Å². The Labute approximate surface area is 144 Å². The minimum absolute atomic E-state index is 0.325. The van der Waals surface area contributed by atoms with Crippen molar-refractivity contribution in [3.05, 3.63) is 30.5 Å². The molecule has 0 radical (unpaired) electrons. The Morgan fingerprint density at radius 1 is 1.17 bits per heavy atom. The number of hydrogen-bond donors (Lipinski definition) is 0. The first-order valence-electron chi connectivity index (χ1n) is 8.02. The molecule has 1 fully saturated rings. The summed E-state index contributed by atoms with van der Waals surface area (Å²) in [5.41, 5.74) is 1.98. The third-order valence-corrected chi connectivity index (χ3v) is 5.24. The van der Waals surface area contributed by atoms with E-state index in [0.29, 0.717) is 12.1 Å². The SMILES string of the molecule is COc1ccc(-c2cn3nc(N4C(C)COCC4C)sc3n2)cc1. The monoisotopic (exact) mass is 344 g/mol. The number of rotatable bonds is 3. The third-order valence-electron chi connectivity index (χ3n) is 4.31. The maximum atomic E-state index is 5.60. The van der Waals surface area contributed by atoms with Crippen molar-refractivity contribution in [1.29, 1.82) is 0 Å². The number of aromatic nitrogens is 3. The van der Waals surface area contributed by atoms with Gasteiger partial charge in [-0.25, -0.2) is 9.50 Å². The summed E-state index contributed by atoms with van der Waals surface area (Å²) in [5.74, 6) is 0.843. The highest BCUT2D eigenvalue weighted by molar-refractivity contribution is 7.20. The minimum atomic E-state index is 0.325. The molecule has 2 aromatic heterocycles. The topological polar surface area (TPSA) is 51.9 Å². The van der Waals surface area contributed by atoms with Crippen LogP contribution in [0.3, 0.4) is 0 Å². The molecule has 1 aliphatic rings. The number of benzene rings is 1. The molecule has 2 unspecified atom stereocenters. The molecule has 3 heterocycles. The molecule has 0 saturated carbocycles. The van der Waals surface area contributed by atoms with Crippen molar-refractivity contribution in [3.8, 4) is 17.0 Å². The van der Waals surface area contributed by atoms with Gasteiger partial charge in [-0.05, 0) is 38.1 Å². The molecular formula is C17H20N4O2S. The number of fused-ring (bicyclic) bond motifs is 1. The molecule has 1 aliphatic heterocycles. The number of morpholine rings is 1. The van der Waals surface area contributed by atoms with Crippen LogP contribution in [0, 0.1) is 0 Å². The zero-order valence-electron chi connectivity index (χ0n) is 14.0. The molecule has 1 aromatic carbocycles. The summed E-state index contributed by atoms with van der Waals surface area (Å²) >= 11 is 1.62. The lowest BCUT2D eigenvalue weighted by molar-refractivity contribution is 0.0755. The average molecular weight is 344 g/mol. The van der Waals surface area contributed by atoms with E-state index in [0.717, 1.165) is 40.3 Å². The molecule has 24 heavy (non-hydrogen) atoms. The first-order chi connectivity index (χ1) is 11.7. The summed E-state index contributed by atoms with van der Waals surface area (Å²) in [6.45, 7) is 5.82. The van der Waals surface area contributed by atoms with Crippen molar-refractivity contribution >= 4 is 21.4 Å². The second-order valence-corrected chi connectivity index (χ2v) is 7.04. The first-order valence-corrected chi connectivity index (χ1v) is 8.84. The average Bonchev–Trinajstić information content (AvgIpc) is 3.14. The quantitative estimate of drug-likeness (QED) is 0.731. The number of imidazole rings is 1. The lowest BCUT2D eigenvalue weighted by Crippen LogP contribution is -2.49.